The van der Waals surface area contributed by atoms with Crippen LogP contribution in [0.3, 0.4) is 0 Å². The van der Waals surface area contributed by atoms with Crippen LogP contribution in [-0.2, 0) is 16.6 Å². The molecule has 1 amide bonds. The normalized spacial score (nSPS) is 12.7. The highest BCUT2D eigenvalue weighted by Crippen LogP contribution is 2.22. The van der Waals surface area contributed by atoms with Gasteiger partial charge in [-0.15, -0.1) is 0 Å². The van der Waals surface area contributed by atoms with Crippen LogP contribution in [0.5, 0.6) is 0 Å². The van der Waals surface area contributed by atoms with Crippen LogP contribution in [0.1, 0.15) is 42.3 Å². The van der Waals surface area contributed by atoms with Crippen LogP contribution < -0.4 is 9.62 Å². The Labute approximate surface area is 162 Å². The highest BCUT2D eigenvalue weighted by atomic mass is 32.2. The maximum absolute atomic E-state index is 12.3. The minimum absolute atomic E-state index is 0.0609. The van der Waals surface area contributed by atoms with Crippen LogP contribution in [0.4, 0.5) is 5.69 Å². The minimum atomic E-state index is -3.46. The van der Waals surface area contributed by atoms with Gasteiger partial charge in [-0.3, -0.25) is 9.10 Å². The second kappa shape index (κ2) is 8.57. The summed E-state index contributed by atoms with van der Waals surface area (Å²) < 4.78 is 26.0. The molecule has 1 atom stereocenters. The summed E-state index contributed by atoms with van der Waals surface area (Å²) in [5.41, 5.74) is 3.02. The summed E-state index contributed by atoms with van der Waals surface area (Å²) in [7, 11) is -3.46. The predicted octanol–water partition coefficient (Wildman–Crippen LogP) is 3.74. The van der Waals surface area contributed by atoms with Crippen LogP contribution in [0.25, 0.3) is 0 Å². The number of anilines is 1. The third kappa shape index (κ3) is 5.57. The van der Waals surface area contributed by atoms with Crippen molar-refractivity contribution in [3.63, 3.8) is 0 Å². The van der Waals surface area contributed by atoms with Gasteiger partial charge in [-0.1, -0.05) is 38.1 Å². The topological polar surface area (TPSA) is 66.5 Å². The molecule has 0 saturated carbocycles. The molecule has 0 unspecified atom stereocenters. The maximum atomic E-state index is 12.3. The number of carbonyl (C=O) groups excluding carboxylic acids is 1. The van der Waals surface area contributed by atoms with Gasteiger partial charge in [0.15, 0.2) is 0 Å². The van der Waals surface area contributed by atoms with Crippen molar-refractivity contribution >= 4 is 21.6 Å². The fraction of sp³-hybridized carbons (Fsp3) is 0.381. The van der Waals surface area contributed by atoms with E-state index in [9.17, 15) is 13.2 Å². The third-order valence-electron chi connectivity index (χ3n) is 4.75. The molecule has 2 rings (SSSR count). The van der Waals surface area contributed by atoms with Gasteiger partial charge in [-0.05, 0) is 55.2 Å². The number of aryl methyl sites for hydroxylation is 1. The molecule has 6 heteroatoms. The van der Waals surface area contributed by atoms with Gasteiger partial charge in [0.05, 0.1) is 18.5 Å². The zero-order chi connectivity index (χ0) is 20.2. The molecule has 0 bridgehead atoms. The summed E-state index contributed by atoms with van der Waals surface area (Å²) in [6.45, 7) is 8.26. The maximum Gasteiger partial charge on any atom is 0.251 e. The van der Waals surface area contributed by atoms with E-state index in [4.69, 9.17) is 0 Å². The summed E-state index contributed by atoms with van der Waals surface area (Å²) in [5.74, 6) is 0.177. The number of carbonyl (C=O) groups is 1. The van der Waals surface area contributed by atoms with E-state index < -0.39 is 10.0 Å². The average Bonchev–Trinajstić information content (AvgIpc) is 2.60. The molecule has 0 aliphatic heterocycles. The highest BCUT2D eigenvalue weighted by Gasteiger charge is 2.19. The van der Waals surface area contributed by atoms with Gasteiger partial charge < -0.3 is 5.32 Å². The fourth-order valence-corrected chi connectivity index (χ4v) is 3.46. The van der Waals surface area contributed by atoms with Crippen LogP contribution in [0.15, 0.2) is 48.5 Å². The molecule has 27 heavy (non-hydrogen) atoms. The van der Waals surface area contributed by atoms with Gasteiger partial charge in [0.25, 0.3) is 5.91 Å². The van der Waals surface area contributed by atoms with Gasteiger partial charge >= 0.3 is 0 Å². The van der Waals surface area contributed by atoms with Crippen molar-refractivity contribution < 1.29 is 13.2 Å². The molecule has 0 aliphatic carbocycles. The summed E-state index contributed by atoms with van der Waals surface area (Å²) in [6.07, 6.45) is 1.19. The number of amides is 1. The summed E-state index contributed by atoms with van der Waals surface area (Å²) in [4.78, 5) is 12.3. The largest absolute Gasteiger partial charge is 0.349 e. The van der Waals surface area contributed by atoms with Crippen molar-refractivity contribution in [1.82, 2.24) is 5.32 Å². The molecule has 5 nitrogen and oxygen atoms in total. The summed E-state index contributed by atoms with van der Waals surface area (Å²) >= 11 is 0. The molecule has 0 heterocycles. The predicted molar refractivity (Wildman–Crippen MR) is 110 cm³/mol. The van der Waals surface area contributed by atoms with E-state index in [0.29, 0.717) is 17.2 Å². The fourth-order valence-electron chi connectivity index (χ4n) is 2.58. The van der Waals surface area contributed by atoms with E-state index in [-0.39, 0.29) is 18.5 Å². The van der Waals surface area contributed by atoms with E-state index >= 15 is 0 Å². The summed E-state index contributed by atoms with van der Waals surface area (Å²) in [6, 6.07) is 14.4. The monoisotopic (exact) mass is 388 g/mol. The van der Waals surface area contributed by atoms with Crippen molar-refractivity contribution in [1.29, 1.82) is 0 Å². The Hall–Kier alpha value is -2.34. The minimum Gasteiger partial charge on any atom is -0.349 e. The third-order valence-corrected chi connectivity index (χ3v) is 5.89. The number of benzene rings is 2. The standard InChI is InChI=1S/C21H28N2O3S/c1-15(2)17(4)22-21(24)18-10-12-20(13-11-18)23(27(5,25)26)14-19-9-7-6-8-16(19)3/h6-13,15,17H,14H2,1-5H3,(H,22,24)/t17-/m1/s1. The van der Waals surface area contributed by atoms with Crippen molar-refractivity contribution in [3.05, 3.63) is 65.2 Å². The SMILES string of the molecule is Cc1ccccc1CN(c1ccc(C(=O)N[C@H](C)C(C)C)cc1)S(C)(=O)=O. The van der Waals surface area contributed by atoms with E-state index in [1.54, 1.807) is 24.3 Å². The van der Waals surface area contributed by atoms with Gasteiger partial charge in [0.2, 0.25) is 10.0 Å². The Bertz CT molecular complexity index is 890. The van der Waals surface area contributed by atoms with E-state index in [1.807, 2.05) is 52.0 Å². The number of hydrogen-bond donors (Lipinski definition) is 1. The van der Waals surface area contributed by atoms with Crippen LogP contribution in [-0.4, -0.2) is 26.6 Å². The summed E-state index contributed by atoms with van der Waals surface area (Å²) in [5, 5.41) is 2.95. The van der Waals surface area contributed by atoms with Gasteiger partial charge in [0, 0.05) is 11.6 Å². The molecular formula is C21H28N2O3S. The molecule has 0 aliphatic rings. The zero-order valence-electron chi connectivity index (χ0n) is 16.6. The molecule has 146 valence electrons. The van der Waals surface area contributed by atoms with Crippen molar-refractivity contribution in [2.45, 2.75) is 40.3 Å². The van der Waals surface area contributed by atoms with Gasteiger partial charge in [-0.25, -0.2) is 8.42 Å². The molecule has 0 fully saturated rings. The molecule has 0 radical (unpaired) electrons. The molecule has 0 spiro atoms. The number of rotatable bonds is 7. The number of hydrogen-bond acceptors (Lipinski definition) is 3. The van der Waals surface area contributed by atoms with Crippen LogP contribution in [0, 0.1) is 12.8 Å². The molecule has 2 aromatic carbocycles. The highest BCUT2D eigenvalue weighted by molar-refractivity contribution is 7.92. The lowest BCUT2D eigenvalue weighted by Gasteiger charge is -2.24. The smallest absolute Gasteiger partial charge is 0.251 e. The first kappa shape index (κ1) is 21.0. The molecular weight excluding hydrogens is 360 g/mol. The lowest BCUT2D eigenvalue weighted by atomic mass is 10.1. The number of nitrogens with one attached hydrogen (secondary N) is 1. The molecule has 0 saturated heterocycles. The molecule has 1 N–H and O–H groups in total. The second-order valence-corrected chi connectivity index (χ2v) is 9.16. The van der Waals surface area contributed by atoms with Crippen molar-refractivity contribution in [3.8, 4) is 0 Å². The first-order valence-corrected chi connectivity index (χ1v) is 10.9. The van der Waals surface area contributed by atoms with Gasteiger partial charge in [-0.2, -0.15) is 0 Å². The lowest BCUT2D eigenvalue weighted by Crippen LogP contribution is -2.36. The number of nitrogens with zero attached hydrogens (tertiary/aromatic N) is 1. The molecule has 2 aromatic rings. The quantitative estimate of drug-likeness (QED) is 0.786. The van der Waals surface area contributed by atoms with E-state index in [1.165, 1.54) is 10.6 Å². The van der Waals surface area contributed by atoms with E-state index in [0.717, 1.165) is 11.1 Å². The Kier molecular flexibility index (Phi) is 6.65. The Morgan fingerprint density at radius 2 is 1.63 bits per heavy atom. The zero-order valence-corrected chi connectivity index (χ0v) is 17.4. The first-order chi connectivity index (χ1) is 12.6. The first-order valence-electron chi connectivity index (χ1n) is 9.02. The molecule has 0 aromatic heterocycles. The van der Waals surface area contributed by atoms with Gasteiger partial charge in [0.1, 0.15) is 0 Å². The van der Waals surface area contributed by atoms with Crippen molar-refractivity contribution in [2.75, 3.05) is 10.6 Å². The van der Waals surface area contributed by atoms with E-state index in [2.05, 4.69) is 5.32 Å². The average molecular weight is 389 g/mol. The van der Waals surface area contributed by atoms with Crippen molar-refractivity contribution in [2.24, 2.45) is 5.92 Å². The Morgan fingerprint density at radius 1 is 1.04 bits per heavy atom. The van der Waals surface area contributed by atoms with Crippen LogP contribution in [0.2, 0.25) is 0 Å². The number of sulfonamides is 1. The Morgan fingerprint density at radius 3 is 2.15 bits per heavy atom. The lowest BCUT2D eigenvalue weighted by molar-refractivity contribution is 0.0930. The Balaban J connectivity index is 2.25. The van der Waals surface area contributed by atoms with Crippen LogP contribution >= 0.6 is 0 Å². The second-order valence-electron chi connectivity index (χ2n) is 7.25.